The third kappa shape index (κ3) is 3.27. The van der Waals surface area contributed by atoms with Gasteiger partial charge < -0.3 is 4.52 Å². The number of anilines is 1. The second-order valence-corrected chi connectivity index (χ2v) is 7.71. The summed E-state index contributed by atoms with van der Waals surface area (Å²) in [5, 5.41) is 11.8. The lowest BCUT2D eigenvalue weighted by Gasteiger charge is -2.04. The van der Waals surface area contributed by atoms with Crippen molar-refractivity contribution >= 4 is 33.1 Å². The molecule has 0 aliphatic rings. The van der Waals surface area contributed by atoms with E-state index in [2.05, 4.69) is 33.7 Å². The van der Waals surface area contributed by atoms with Crippen LogP contribution in [0.1, 0.15) is 16.1 Å². The first-order valence-corrected chi connectivity index (χ1v) is 10.4. The molecule has 146 valence electrons. The second-order valence-electron chi connectivity index (χ2n) is 6.85. The van der Waals surface area contributed by atoms with Gasteiger partial charge in [0.1, 0.15) is 17.0 Å². The molecule has 0 radical (unpaired) electrons. The van der Waals surface area contributed by atoms with E-state index in [9.17, 15) is 4.79 Å². The Hall–Kier alpha value is -3.77. The number of aromatic nitrogens is 2. The van der Waals surface area contributed by atoms with Crippen LogP contribution in [-0.4, -0.2) is 16.0 Å². The number of aryl methyl sites for hydroxylation is 1. The fourth-order valence-electron chi connectivity index (χ4n) is 3.50. The zero-order chi connectivity index (χ0) is 20.5. The summed E-state index contributed by atoms with van der Waals surface area (Å²) in [5.41, 5.74) is 3.64. The van der Waals surface area contributed by atoms with Gasteiger partial charge in [0.25, 0.3) is 5.91 Å². The van der Waals surface area contributed by atoms with E-state index in [4.69, 9.17) is 4.52 Å². The number of amides is 1. The first kappa shape index (κ1) is 18.3. The van der Waals surface area contributed by atoms with Gasteiger partial charge in [0.2, 0.25) is 0 Å². The lowest BCUT2D eigenvalue weighted by molar-refractivity contribution is 0.102. The number of hydrogen-bond acceptors (Lipinski definition) is 5. The van der Waals surface area contributed by atoms with Crippen LogP contribution in [0, 0.1) is 6.92 Å². The van der Waals surface area contributed by atoms with Gasteiger partial charge in [-0.25, -0.2) is 4.98 Å². The molecule has 5 nitrogen and oxygen atoms in total. The van der Waals surface area contributed by atoms with Crippen molar-refractivity contribution in [1.82, 2.24) is 10.1 Å². The number of carbonyl (C=O) groups excluding carboxylic acids is 1. The van der Waals surface area contributed by atoms with Crippen LogP contribution in [0.5, 0.6) is 0 Å². The van der Waals surface area contributed by atoms with E-state index in [1.165, 1.54) is 11.3 Å². The van der Waals surface area contributed by atoms with Gasteiger partial charge in [0.15, 0.2) is 5.13 Å². The zero-order valence-corrected chi connectivity index (χ0v) is 16.9. The fourth-order valence-corrected chi connectivity index (χ4v) is 4.20. The van der Waals surface area contributed by atoms with Crippen LogP contribution >= 0.6 is 11.3 Å². The first-order chi connectivity index (χ1) is 14.7. The van der Waals surface area contributed by atoms with E-state index < -0.39 is 0 Å². The number of hydrogen-bond donors (Lipinski definition) is 1. The highest BCUT2D eigenvalue weighted by molar-refractivity contribution is 7.14. The summed E-state index contributed by atoms with van der Waals surface area (Å²) in [6.45, 7) is 1.73. The van der Waals surface area contributed by atoms with Crippen molar-refractivity contribution in [2.75, 3.05) is 5.32 Å². The van der Waals surface area contributed by atoms with Crippen molar-refractivity contribution in [2.24, 2.45) is 0 Å². The van der Waals surface area contributed by atoms with Gasteiger partial charge in [0, 0.05) is 16.5 Å². The number of nitrogens with zero attached hydrogens (tertiary/aromatic N) is 2. The molecule has 0 fully saturated rings. The lowest BCUT2D eigenvalue weighted by atomic mass is 10.0. The Balaban J connectivity index is 1.45. The van der Waals surface area contributed by atoms with Gasteiger partial charge in [-0.05, 0) is 17.7 Å². The number of carbonyl (C=O) groups is 1. The maximum atomic E-state index is 13.0. The number of fused-ring (bicyclic) bond motifs is 1. The Morgan fingerprint density at radius 1 is 0.967 bits per heavy atom. The predicted octanol–water partition coefficient (Wildman–Crippen LogP) is 6.18. The molecule has 5 rings (SSSR count). The summed E-state index contributed by atoms with van der Waals surface area (Å²) in [4.78, 5) is 17.7. The van der Waals surface area contributed by atoms with Crippen molar-refractivity contribution in [3.8, 4) is 22.5 Å². The average Bonchev–Trinajstić information content (AvgIpc) is 3.40. The fraction of sp³-hybridized carbons (Fsp3) is 0.0417. The summed E-state index contributed by atoms with van der Waals surface area (Å²) in [5.74, 6) is 0.184. The molecular weight excluding hydrogens is 394 g/mol. The van der Waals surface area contributed by atoms with Crippen molar-refractivity contribution in [3.63, 3.8) is 0 Å². The Bertz CT molecular complexity index is 1350. The van der Waals surface area contributed by atoms with E-state index in [-0.39, 0.29) is 5.91 Å². The number of benzene rings is 3. The van der Waals surface area contributed by atoms with Crippen LogP contribution in [0.2, 0.25) is 0 Å². The van der Waals surface area contributed by atoms with Crippen LogP contribution in [0.3, 0.4) is 0 Å². The molecule has 5 aromatic rings. The van der Waals surface area contributed by atoms with Gasteiger partial charge in [-0.3, -0.25) is 10.1 Å². The van der Waals surface area contributed by atoms with Crippen LogP contribution < -0.4 is 5.32 Å². The molecule has 0 bridgehead atoms. The molecule has 6 heteroatoms. The normalized spacial score (nSPS) is 11.0. The molecule has 0 aliphatic heterocycles. The number of nitrogens with one attached hydrogen (secondary N) is 1. The van der Waals surface area contributed by atoms with Crippen LogP contribution in [-0.2, 0) is 0 Å². The third-order valence-corrected chi connectivity index (χ3v) is 5.68. The van der Waals surface area contributed by atoms with E-state index in [1.54, 1.807) is 6.92 Å². The van der Waals surface area contributed by atoms with Crippen molar-refractivity contribution in [3.05, 3.63) is 89.5 Å². The Morgan fingerprint density at radius 3 is 2.60 bits per heavy atom. The van der Waals surface area contributed by atoms with Gasteiger partial charge in [-0.2, -0.15) is 0 Å². The zero-order valence-electron chi connectivity index (χ0n) is 16.1. The quantitative estimate of drug-likeness (QED) is 0.383. The summed E-state index contributed by atoms with van der Waals surface area (Å²) in [6, 6.07) is 23.8. The number of rotatable bonds is 4. The summed E-state index contributed by atoms with van der Waals surface area (Å²) < 4.78 is 5.30. The maximum Gasteiger partial charge on any atom is 0.263 e. The number of thiazole rings is 1. The Kier molecular flexibility index (Phi) is 4.61. The van der Waals surface area contributed by atoms with Crippen molar-refractivity contribution < 1.29 is 9.32 Å². The van der Waals surface area contributed by atoms with E-state index in [0.717, 1.165) is 27.6 Å². The summed E-state index contributed by atoms with van der Waals surface area (Å²) in [6.07, 6.45) is 0. The molecule has 0 aliphatic carbocycles. The molecule has 0 saturated heterocycles. The predicted molar refractivity (Wildman–Crippen MR) is 120 cm³/mol. The smallest absolute Gasteiger partial charge is 0.263 e. The van der Waals surface area contributed by atoms with Crippen LogP contribution in [0.15, 0.2) is 82.7 Å². The molecule has 0 atom stereocenters. The minimum absolute atomic E-state index is 0.286. The largest absolute Gasteiger partial charge is 0.360 e. The minimum atomic E-state index is -0.286. The molecule has 1 N–H and O–H groups in total. The van der Waals surface area contributed by atoms with Crippen molar-refractivity contribution in [1.29, 1.82) is 0 Å². The molecule has 1 amide bonds. The highest BCUT2D eigenvalue weighted by Crippen LogP contribution is 2.32. The van der Waals surface area contributed by atoms with Gasteiger partial charge in [0.05, 0.1) is 5.69 Å². The van der Waals surface area contributed by atoms with Gasteiger partial charge >= 0.3 is 0 Å². The van der Waals surface area contributed by atoms with Crippen LogP contribution in [0.4, 0.5) is 5.13 Å². The SMILES string of the molecule is Cc1onc(-c2ccccc2)c1C(=O)Nc1nc(-c2cccc3ccccc23)cs1. The summed E-state index contributed by atoms with van der Waals surface area (Å²) >= 11 is 1.39. The van der Waals surface area contributed by atoms with E-state index in [1.807, 2.05) is 60.0 Å². The van der Waals surface area contributed by atoms with Crippen LogP contribution in [0.25, 0.3) is 33.3 Å². The van der Waals surface area contributed by atoms with E-state index in [0.29, 0.717) is 22.1 Å². The highest BCUT2D eigenvalue weighted by Gasteiger charge is 2.22. The van der Waals surface area contributed by atoms with Crippen molar-refractivity contribution in [2.45, 2.75) is 6.92 Å². The molecule has 30 heavy (non-hydrogen) atoms. The maximum absolute atomic E-state index is 13.0. The Morgan fingerprint density at radius 2 is 1.73 bits per heavy atom. The molecule has 0 unspecified atom stereocenters. The second kappa shape index (κ2) is 7.57. The summed E-state index contributed by atoms with van der Waals surface area (Å²) in [7, 11) is 0. The minimum Gasteiger partial charge on any atom is -0.360 e. The molecule has 0 saturated carbocycles. The average molecular weight is 411 g/mol. The molecule has 3 aromatic carbocycles. The lowest BCUT2D eigenvalue weighted by Crippen LogP contribution is -2.13. The van der Waals surface area contributed by atoms with E-state index >= 15 is 0 Å². The molecule has 2 heterocycles. The highest BCUT2D eigenvalue weighted by atomic mass is 32.1. The molecular formula is C24H17N3O2S. The first-order valence-electron chi connectivity index (χ1n) is 9.47. The third-order valence-electron chi connectivity index (χ3n) is 4.93. The standard InChI is InChI=1S/C24H17N3O2S/c1-15-21(22(27-29-15)17-9-3-2-4-10-17)23(28)26-24-25-20(14-30-24)19-13-7-11-16-8-5-6-12-18(16)19/h2-14H,1H3,(H,25,26,28). The Labute approximate surface area is 177 Å². The molecule has 2 aromatic heterocycles. The topological polar surface area (TPSA) is 68.0 Å². The monoisotopic (exact) mass is 411 g/mol. The van der Waals surface area contributed by atoms with Gasteiger partial charge in [-0.15, -0.1) is 11.3 Å². The molecule has 0 spiro atoms. The van der Waals surface area contributed by atoms with Gasteiger partial charge in [-0.1, -0.05) is 78.0 Å².